The summed E-state index contributed by atoms with van der Waals surface area (Å²) in [4.78, 5) is 15.1. The van der Waals surface area contributed by atoms with Crippen LogP contribution < -0.4 is 0 Å². The van der Waals surface area contributed by atoms with Crippen LogP contribution in [-0.4, -0.2) is 24.1 Å². The second-order valence-electron chi connectivity index (χ2n) is 14.4. The Bertz CT molecular complexity index is 3400. The monoisotopic (exact) mass is 729 g/mol. The molecule has 0 aliphatic heterocycles. The molecule has 0 spiro atoms. The maximum Gasteiger partial charge on any atom is 0.164 e. The highest BCUT2D eigenvalue weighted by atomic mass is 16.3. The predicted molar refractivity (Wildman–Crippen MR) is 232 cm³/mol. The maximum atomic E-state index is 6.76. The van der Waals surface area contributed by atoms with Crippen LogP contribution >= 0.6 is 0 Å². The van der Waals surface area contributed by atoms with Crippen molar-refractivity contribution in [3.05, 3.63) is 188 Å². The quantitative estimate of drug-likeness (QED) is 0.177. The Morgan fingerprint density at radius 3 is 1.53 bits per heavy atom. The molecule has 8 aromatic carbocycles. The molecule has 0 bridgehead atoms. The van der Waals surface area contributed by atoms with E-state index in [4.69, 9.17) is 19.4 Å². The molecule has 0 aliphatic carbocycles. The van der Waals surface area contributed by atoms with Gasteiger partial charge < -0.3 is 13.6 Å². The molecule has 0 radical (unpaired) electrons. The van der Waals surface area contributed by atoms with Crippen LogP contribution in [0.25, 0.3) is 111 Å². The summed E-state index contributed by atoms with van der Waals surface area (Å²) in [6.45, 7) is 0. The zero-order chi connectivity index (χ0) is 37.5. The highest BCUT2D eigenvalue weighted by Crippen LogP contribution is 2.45. The summed E-state index contributed by atoms with van der Waals surface area (Å²) in [5.41, 5.74) is 11.0. The molecule has 0 aliphatic rings. The molecular weight excluding hydrogens is 699 g/mol. The minimum atomic E-state index is 0.613. The molecule has 0 atom stereocenters. The van der Waals surface area contributed by atoms with Crippen LogP contribution in [0.3, 0.4) is 0 Å². The molecule has 266 valence electrons. The molecule has 12 aromatic rings. The normalized spacial score (nSPS) is 11.9. The van der Waals surface area contributed by atoms with Gasteiger partial charge in [-0.2, -0.15) is 0 Å². The maximum absolute atomic E-state index is 6.76. The molecule has 0 N–H and O–H groups in total. The number of furan rings is 1. The van der Waals surface area contributed by atoms with Crippen molar-refractivity contribution >= 4 is 65.6 Å². The highest BCUT2D eigenvalue weighted by molar-refractivity contribution is 6.26. The van der Waals surface area contributed by atoms with E-state index in [-0.39, 0.29) is 0 Å². The summed E-state index contributed by atoms with van der Waals surface area (Å²) < 4.78 is 11.5. The Balaban J connectivity index is 1.18. The molecule has 4 heterocycles. The second-order valence-corrected chi connectivity index (χ2v) is 14.4. The van der Waals surface area contributed by atoms with Crippen molar-refractivity contribution in [3.8, 4) is 45.5 Å². The van der Waals surface area contributed by atoms with E-state index in [1.54, 1.807) is 0 Å². The first-order valence-electron chi connectivity index (χ1n) is 19.1. The zero-order valence-corrected chi connectivity index (χ0v) is 30.5. The first kappa shape index (κ1) is 31.5. The van der Waals surface area contributed by atoms with Crippen molar-refractivity contribution in [2.24, 2.45) is 0 Å². The SMILES string of the molecule is c1ccc(-c2nc(-c3ccccc3)nc(-c3ccc4c5ccc6oc7cccc(-n8c9ccccc9c9ccccc98)c7c6c5n(-c5ccccc5)c4c3)n2)cc1. The van der Waals surface area contributed by atoms with E-state index in [9.17, 15) is 0 Å². The summed E-state index contributed by atoms with van der Waals surface area (Å²) in [5, 5.41) is 6.85. The van der Waals surface area contributed by atoms with Crippen molar-refractivity contribution < 1.29 is 4.42 Å². The second kappa shape index (κ2) is 12.3. The predicted octanol–water partition coefficient (Wildman–Crippen LogP) is 13.0. The van der Waals surface area contributed by atoms with Gasteiger partial charge in [0.15, 0.2) is 17.5 Å². The lowest BCUT2D eigenvalue weighted by Crippen LogP contribution is -2.00. The Kier molecular flexibility index (Phi) is 6.83. The van der Waals surface area contributed by atoms with E-state index >= 15 is 0 Å². The van der Waals surface area contributed by atoms with Crippen LogP contribution in [0, 0.1) is 0 Å². The van der Waals surface area contributed by atoms with Gasteiger partial charge in [0.2, 0.25) is 0 Å². The Morgan fingerprint density at radius 1 is 0.351 bits per heavy atom. The molecule has 0 fully saturated rings. The van der Waals surface area contributed by atoms with Gasteiger partial charge in [-0.15, -0.1) is 0 Å². The van der Waals surface area contributed by atoms with Crippen LogP contribution in [0.5, 0.6) is 0 Å². The van der Waals surface area contributed by atoms with Crippen molar-refractivity contribution in [2.75, 3.05) is 0 Å². The molecule has 6 nitrogen and oxygen atoms in total. The van der Waals surface area contributed by atoms with Crippen LogP contribution in [0.1, 0.15) is 0 Å². The largest absolute Gasteiger partial charge is 0.456 e. The van der Waals surface area contributed by atoms with E-state index < -0.39 is 0 Å². The van der Waals surface area contributed by atoms with Gasteiger partial charge in [0.05, 0.1) is 38.5 Å². The fourth-order valence-corrected chi connectivity index (χ4v) is 8.68. The van der Waals surface area contributed by atoms with Gasteiger partial charge in [-0.25, -0.2) is 15.0 Å². The molecule has 12 rings (SSSR count). The summed E-state index contributed by atoms with van der Waals surface area (Å²) in [6, 6.07) is 65.4. The molecule has 4 aromatic heterocycles. The third-order valence-electron chi connectivity index (χ3n) is 11.2. The van der Waals surface area contributed by atoms with Gasteiger partial charge in [-0.1, -0.05) is 133 Å². The van der Waals surface area contributed by atoms with Gasteiger partial charge in [0.1, 0.15) is 11.2 Å². The first-order valence-corrected chi connectivity index (χ1v) is 19.1. The van der Waals surface area contributed by atoms with Crippen LogP contribution in [0.4, 0.5) is 0 Å². The van der Waals surface area contributed by atoms with E-state index in [1.807, 2.05) is 60.7 Å². The number of aromatic nitrogens is 5. The van der Waals surface area contributed by atoms with Crippen molar-refractivity contribution in [1.82, 2.24) is 24.1 Å². The van der Waals surface area contributed by atoms with Gasteiger partial charge in [0.25, 0.3) is 0 Å². The summed E-state index contributed by atoms with van der Waals surface area (Å²) in [5.74, 6) is 1.88. The summed E-state index contributed by atoms with van der Waals surface area (Å²) in [6.07, 6.45) is 0. The molecule has 0 saturated carbocycles. The van der Waals surface area contributed by atoms with Gasteiger partial charge >= 0.3 is 0 Å². The van der Waals surface area contributed by atoms with E-state index in [1.165, 1.54) is 10.8 Å². The number of hydrogen-bond donors (Lipinski definition) is 0. The zero-order valence-electron chi connectivity index (χ0n) is 30.5. The molecule has 0 unspecified atom stereocenters. The lowest BCUT2D eigenvalue weighted by molar-refractivity contribution is 0.669. The van der Waals surface area contributed by atoms with Crippen molar-refractivity contribution in [1.29, 1.82) is 0 Å². The fraction of sp³-hybridized carbons (Fsp3) is 0. The third-order valence-corrected chi connectivity index (χ3v) is 11.2. The highest BCUT2D eigenvalue weighted by Gasteiger charge is 2.23. The number of fused-ring (bicyclic) bond motifs is 10. The lowest BCUT2D eigenvalue weighted by Gasteiger charge is -2.12. The van der Waals surface area contributed by atoms with Crippen LogP contribution in [0.15, 0.2) is 192 Å². The van der Waals surface area contributed by atoms with E-state index in [0.29, 0.717) is 17.5 Å². The average molecular weight is 730 g/mol. The summed E-state index contributed by atoms with van der Waals surface area (Å²) in [7, 11) is 0. The number of benzene rings is 8. The van der Waals surface area contributed by atoms with Crippen molar-refractivity contribution in [3.63, 3.8) is 0 Å². The molecule has 0 saturated heterocycles. The minimum absolute atomic E-state index is 0.613. The molecule has 6 heteroatoms. The molecular formula is C51H31N5O. The van der Waals surface area contributed by atoms with E-state index in [0.717, 1.165) is 82.8 Å². The fourth-order valence-electron chi connectivity index (χ4n) is 8.68. The van der Waals surface area contributed by atoms with Crippen LogP contribution in [-0.2, 0) is 0 Å². The Morgan fingerprint density at radius 2 is 0.877 bits per heavy atom. The topological polar surface area (TPSA) is 61.7 Å². The smallest absolute Gasteiger partial charge is 0.164 e. The van der Waals surface area contributed by atoms with Crippen LogP contribution in [0.2, 0.25) is 0 Å². The van der Waals surface area contributed by atoms with Gasteiger partial charge in [0, 0.05) is 43.9 Å². The standard InChI is InChI=1S/C51H31N5O/c1-4-15-32(16-5-1)49-52-50(33-17-6-2-7-18-33)54-51(53-49)34-27-28-38-39-29-30-45-47(48(39)55(43(38)31-34)35-19-8-3-9-20-35)46-42(25-14-26-44(46)57-45)56-40-23-12-10-21-36(40)37-22-11-13-24-41(37)56/h1-31H. The van der Waals surface area contributed by atoms with Gasteiger partial charge in [-0.3, -0.25) is 0 Å². The summed E-state index contributed by atoms with van der Waals surface area (Å²) >= 11 is 0. The third kappa shape index (κ3) is 4.81. The lowest BCUT2D eigenvalue weighted by atomic mass is 10.1. The number of rotatable bonds is 5. The first-order chi connectivity index (χ1) is 28.3. The number of hydrogen-bond acceptors (Lipinski definition) is 4. The molecule has 57 heavy (non-hydrogen) atoms. The van der Waals surface area contributed by atoms with Crippen molar-refractivity contribution in [2.45, 2.75) is 0 Å². The average Bonchev–Trinajstić information content (AvgIpc) is 3.95. The Hall–Kier alpha value is -7.83. The van der Waals surface area contributed by atoms with E-state index in [2.05, 4.69) is 137 Å². The Labute approximate surface area is 326 Å². The molecule has 0 amide bonds. The number of para-hydroxylation sites is 3. The number of nitrogens with zero attached hydrogens (tertiary/aromatic N) is 5. The van der Waals surface area contributed by atoms with Gasteiger partial charge in [-0.05, 0) is 54.6 Å². The minimum Gasteiger partial charge on any atom is -0.456 e.